The average Bonchev–Trinajstić information content (AvgIpc) is 2.47. The summed E-state index contributed by atoms with van der Waals surface area (Å²) in [6.45, 7) is 0.365. The van der Waals surface area contributed by atoms with E-state index in [1.54, 1.807) is 6.07 Å². The van der Waals surface area contributed by atoms with Crippen LogP contribution in [0.2, 0.25) is 0 Å². The van der Waals surface area contributed by atoms with E-state index in [0.717, 1.165) is 0 Å². The lowest BCUT2D eigenvalue weighted by Crippen LogP contribution is -2.12. The Labute approximate surface area is 125 Å². The quantitative estimate of drug-likeness (QED) is 0.671. The molecule has 0 saturated carbocycles. The van der Waals surface area contributed by atoms with Crippen LogP contribution in [0.5, 0.6) is 11.5 Å². The molecule has 0 unspecified atom stereocenters. The molecule has 0 aliphatic heterocycles. The van der Waals surface area contributed by atoms with Gasteiger partial charge in [0.05, 0.1) is 0 Å². The van der Waals surface area contributed by atoms with Gasteiger partial charge in [0.1, 0.15) is 30.3 Å². The summed E-state index contributed by atoms with van der Waals surface area (Å²) in [7, 11) is 0. The number of esters is 1. The van der Waals surface area contributed by atoms with Gasteiger partial charge in [0.15, 0.2) is 0 Å². The van der Waals surface area contributed by atoms with Crippen molar-refractivity contribution in [2.75, 3.05) is 13.2 Å². The lowest BCUT2D eigenvalue weighted by atomic mass is 10.2. The monoisotopic (exact) mass is 336 g/mol. The minimum absolute atomic E-state index is 0.109. The molecule has 0 fully saturated rings. The Morgan fingerprint density at radius 1 is 1.10 bits per heavy atom. The minimum Gasteiger partial charge on any atom is -0.507 e. The minimum atomic E-state index is -0.583. The van der Waals surface area contributed by atoms with Crippen molar-refractivity contribution in [1.29, 1.82) is 0 Å². The van der Waals surface area contributed by atoms with E-state index in [0.29, 0.717) is 10.2 Å². The lowest BCUT2D eigenvalue weighted by Gasteiger charge is -2.08. The molecular formula is C15H13BrO4. The van der Waals surface area contributed by atoms with Crippen LogP contribution < -0.4 is 4.74 Å². The number of hydrogen-bond acceptors (Lipinski definition) is 4. The Kier molecular flexibility index (Phi) is 5.01. The van der Waals surface area contributed by atoms with Crippen molar-refractivity contribution in [3.8, 4) is 11.5 Å². The SMILES string of the molecule is O=C(OCCOc1ccccc1)c1cc(Br)ccc1O. The van der Waals surface area contributed by atoms with Gasteiger partial charge < -0.3 is 14.6 Å². The van der Waals surface area contributed by atoms with E-state index in [9.17, 15) is 9.90 Å². The van der Waals surface area contributed by atoms with Gasteiger partial charge in [-0.05, 0) is 30.3 Å². The van der Waals surface area contributed by atoms with Crippen LogP contribution in [-0.2, 0) is 4.74 Å². The highest BCUT2D eigenvalue weighted by Gasteiger charge is 2.12. The van der Waals surface area contributed by atoms with Crippen LogP contribution in [0.25, 0.3) is 0 Å². The number of rotatable bonds is 5. The average molecular weight is 337 g/mol. The second kappa shape index (κ2) is 6.96. The van der Waals surface area contributed by atoms with E-state index in [1.807, 2.05) is 30.3 Å². The van der Waals surface area contributed by atoms with E-state index in [1.165, 1.54) is 12.1 Å². The summed E-state index contributed by atoms with van der Waals surface area (Å²) in [5.74, 6) is 0.0245. The molecular weight excluding hydrogens is 324 g/mol. The van der Waals surface area contributed by atoms with Crippen LogP contribution in [0.1, 0.15) is 10.4 Å². The second-order valence-electron chi connectivity index (χ2n) is 3.96. The summed E-state index contributed by atoms with van der Waals surface area (Å²) in [5, 5.41) is 9.59. The molecule has 0 spiro atoms. The predicted molar refractivity (Wildman–Crippen MR) is 78.0 cm³/mol. The van der Waals surface area contributed by atoms with Crippen molar-refractivity contribution in [1.82, 2.24) is 0 Å². The normalized spacial score (nSPS) is 10.1. The first-order valence-corrected chi connectivity index (χ1v) is 6.79. The van der Waals surface area contributed by atoms with Crippen molar-refractivity contribution in [3.05, 3.63) is 58.6 Å². The standard InChI is InChI=1S/C15H13BrO4/c16-11-6-7-14(17)13(10-11)15(18)20-9-8-19-12-4-2-1-3-5-12/h1-7,10,17H,8-9H2. The second-order valence-corrected chi connectivity index (χ2v) is 4.87. The molecule has 2 rings (SSSR count). The smallest absolute Gasteiger partial charge is 0.342 e. The molecule has 0 heterocycles. The van der Waals surface area contributed by atoms with E-state index >= 15 is 0 Å². The van der Waals surface area contributed by atoms with Crippen molar-refractivity contribution >= 4 is 21.9 Å². The molecule has 0 aromatic heterocycles. The highest BCUT2D eigenvalue weighted by atomic mass is 79.9. The molecule has 0 bridgehead atoms. The Bertz CT molecular complexity index is 584. The number of phenolic OH excluding ortho intramolecular Hbond substituents is 1. The maximum Gasteiger partial charge on any atom is 0.342 e. The molecule has 1 N–H and O–H groups in total. The van der Waals surface area contributed by atoms with Gasteiger partial charge in [-0.15, -0.1) is 0 Å². The molecule has 0 saturated heterocycles. The van der Waals surface area contributed by atoms with Gasteiger partial charge in [-0.1, -0.05) is 34.1 Å². The van der Waals surface area contributed by atoms with Crippen molar-refractivity contribution < 1.29 is 19.4 Å². The van der Waals surface area contributed by atoms with Gasteiger partial charge >= 0.3 is 5.97 Å². The number of carbonyl (C=O) groups excluding carboxylic acids is 1. The number of benzene rings is 2. The predicted octanol–water partition coefficient (Wildman–Crippen LogP) is 3.39. The number of phenols is 1. The molecule has 0 aliphatic carbocycles. The van der Waals surface area contributed by atoms with Crippen LogP contribution in [0.4, 0.5) is 0 Å². The van der Waals surface area contributed by atoms with Gasteiger partial charge in [0, 0.05) is 4.47 Å². The van der Waals surface area contributed by atoms with Crippen LogP contribution in [0, 0.1) is 0 Å². The summed E-state index contributed by atoms with van der Waals surface area (Å²) >= 11 is 3.23. The maximum absolute atomic E-state index is 11.8. The topological polar surface area (TPSA) is 55.8 Å². The maximum atomic E-state index is 11.8. The van der Waals surface area contributed by atoms with E-state index < -0.39 is 5.97 Å². The number of ether oxygens (including phenoxy) is 2. The Hall–Kier alpha value is -2.01. The fraction of sp³-hybridized carbons (Fsp3) is 0.133. The fourth-order valence-corrected chi connectivity index (χ4v) is 1.92. The fourth-order valence-electron chi connectivity index (χ4n) is 1.56. The van der Waals surface area contributed by atoms with Gasteiger partial charge in [0.25, 0.3) is 0 Å². The third-order valence-electron chi connectivity index (χ3n) is 2.51. The number of para-hydroxylation sites is 1. The first-order valence-electron chi connectivity index (χ1n) is 6.00. The zero-order valence-electron chi connectivity index (χ0n) is 10.6. The Morgan fingerprint density at radius 3 is 2.60 bits per heavy atom. The van der Waals surface area contributed by atoms with E-state index in [2.05, 4.69) is 15.9 Å². The summed E-state index contributed by atoms with van der Waals surface area (Å²) < 4.78 is 11.1. The first-order chi connectivity index (χ1) is 9.66. The molecule has 0 radical (unpaired) electrons. The third-order valence-corrected chi connectivity index (χ3v) is 3.00. The zero-order valence-corrected chi connectivity index (χ0v) is 12.2. The molecule has 4 nitrogen and oxygen atoms in total. The van der Waals surface area contributed by atoms with Gasteiger partial charge in [-0.25, -0.2) is 4.79 Å². The van der Waals surface area contributed by atoms with Gasteiger partial charge in [-0.2, -0.15) is 0 Å². The van der Waals surface area contributed by atoms with Gasteiger partial charge in [0.2, 0.25) is 0 Å². The number of halogens is 1. The lowest BCUT2D eigenvalue weighted by molar-refractivity contribution is 0.0447. The Morgan fingerprint density at radius 2 is 1.85 bits per heavy atom. The van der Waals surface area contributed by atoms with Crippen molar-refractivity contribution in [2.45, 2.75) is 0 Å². The molecule has 20 heavy (non-hydrogen) atoms. The highest BCUT2D eigenvalue weighted by Crippen LogP contribution is 2.22. The van der Waals surface area contributed by atoms with Crippen LogP contribution >= 0.6 is 15.9 Å². The molecule has 0 atom stereocenters. The summed E-state index contributed by atoms with van der Waals surface area (Å²) in [6.07, 6.45) is 0. The number of hydrogen-bond donors (Lipinski definition) is 1. The summed E-state index contributed by atoms with van der Waals surface area (Å²) in [5.41, 5.74) is 0.124. The van der Waals surface area contributed by atoms with E-state index in [-0.39, 0.29) is 24.5 Å². The molecule has 0 aliphatic rings. The summed E-state index contributed by atoms with van der Waals surface area (Å²) in [4.78, 5) is 11.8. The zero-order chi connectivity index (χ0) is 14.4. The highest BCUT2D eigenvalue weighted by molar-refractivity contribution is 9.10. The molecule has 0 amide bonds. The van der Waals surface area contributed by atoms with Crippen molar-refractivity contribution in [3.63, 3.8) is 0 Å². The first kappa shape index (κ1) is 14.4. The van der Waals surface area contributed by atoms with Crippen LogP contribution in [0.15, 0.2) is 53.0 Å². The van der Waals surface area contributed by atoms with Crippen molar-refractivity contribution in [2.24, 2.45) is 0 Å². The van der Waals surface area contributed by atoms with Gasteiger partial charge in [-0.3, -0.25) is 0 Å². The van der Waals surface area contributed by atoms with E-state index in [4.69, 9.17) is 9.47 Å². The molecule has 5 heteroatoms. The van der Waals surface area contributed by atoms with Crippen LogP contribution in [0.3, 0.4) is 0 Å². The summed E-state index contributed by atoms with van der Waals surface area (Å²) in [6, 6.07) is 13.8. The molecule has 104 valence electrons. The number of carbonyl (C=O) groups is 1. The third kappa shape index (κ3) is 3.99. The molecule has 2 aromatic rings. The Balaban J connectivity index is 1.82. The largest absolute Gasteiger partial charge is 0.507 e. The van der Waals surface area contributed by atoms with Crippen LogP contribution in [-0.4, -0.2) is 24.3 Å². The molecule has 2 aromatic carbocycles. The number of aromatic hydroxyl groups is 1.